The maximum Gasteiger partial charge on any atom is 0.416 e. The van der Waals surface area contributed by atoms with Gasteiger partial charge >= 0.3 is 6.18 Å². The van der Waals surface area contributed by atoms with Crippen molar-refractivity contribution in [2.75, 3.05) is 26.7 Å². The molecule has 1 aliphatic heterocycles. The molecule has 0 bridgehead atoms. The van der Waals surface area contributed by atoms with E-state index in [-0.39, 0.29) is 11.8 Å². The van der Waals surface area contributed by atoms with Crippen molar-refractivity contribution in [1.82, 2.24) is 4.90 Å². The topological polar surface area (TPSA) is 32.7 Å². The molecule has 2 aromatic carbocycles. The van der Waals surface area contributed by atoms with Crippen LogP contribution in [-0.4, -0.2) is 42.4 Å². The van der Waals surface area contributed by atoms with Crippen LogP contribution in [0.15, 0.2) is 48.5 Å². The van der Waals surface area contributed by atoms with Gasteiger partial charge < -0.3 is 14.7 Å². The fourth-order valence-corrected chi connectivity index (χ4v) is 5.63. The second kappa shape index (κ2) is 10.1. The maximum absolute atomic E-state index is 13.1. The lowest BCUT2D eigenvalue weighted by Gasteiger charge is -2.43. The van der Waals surface area contributed by atoms with Gasteiger partial charge in [0.15, 0.2) is 0 Å². The van der Waals surface area contributed by atoms with Gasteiger partial charge in [-0.25, -0.2) is 0 Å². The van der Waals surface area contributed by atoms with Gasteiger partial charge in [-0.15, -0.1) is 0 Å². The number of methoxy groups -OCH3 is 1. The maximum atomic E-state index is 13.1. The van der Waals surface area contributed by atoms with Crippen LogP contribution in [0.5, 0.6) is 5.75 Å². The zero-order valence-electron chi connectivity index (χ0n) is 19.3. The van der Waals surface area contributed by atoms with Crippen molar-refractivity contribution in [2.24, 2.45) is 0 Å². The summed E-state index contributed by atoms with van der Waals surface area (Å²) in [6.07, 6.45) is 2.18. The highest BCUT2D eigenvalue weighted by atomic mass is 19.4. The number of piperidine rings is 1. The Morgan fingerprint density at radius 3 is 2.39 bits per heavy atom. The Balaban J connectivity index is 1.47. The number of likely N-dealkylation sites (tertiary alicyclic amines) is 1. The Labute approximate surface area is 194 Å². The molecule has 1 aliphatic carbocycles. The minimum atomic E-state index is -4.31. The van der Waals surface area contributed by atoms with Crippen molar-refractivity contribution in [2.45, 2.75) is 68.6 Å². The molecule has 1 unspecified atom stereocenters. The molecule has 1 N–H and O–H groups in total. The molecular formula is C27H34F3NO2. The Morgan fingerprint density at radius 1 is 1.03 bits per heavy atom. The van der Waals surface area contributed by atoms with E-state index in [1.165, 1.54) is 12.1 Å². The van der Waals surface area contributed by atoms with Gasteiger partial charge in [0.05, 0.1) is 18.3 Å². The van der Waals surface area contributed by atoms with Crippen LogP contribution in [0.2, 0.25) is 0 Å². The van der Waals surface area contributed by atoms with E-state index in [4.69, 9.17) is 4.74 Å². The quantitative estimate of drug-likeness (QED) is 0.542. The number of ether oxygens (including phenoxy) is 1. The van der Waals surface area contributed by atoms with Crippen LogP contribution >= 0.6 is 0 Å². The van der Waals surface area contributed by atoms with Gasteiger partial charge in [0.2, 0.25) is 0 Å². The molecular weight excluding hydrogens is 427 g/mol. The second-order valence-electron chi connectivity index (χ2n) is 9.69. The summed E-state index contributed by atoms with van der Waals surface area (Å²) < 4.78 is 44.8. The summed E-state index contributed by atoms with van der Waals surface area (Å²) in [6, 6.07) is 13.8. The third kappa shape index (κ3) is 5.72. The Hall–Kier alpha value is -2.05. The largest absolute Gasteiger partial charge is 0.497 e. The standard InChI is InChI=1S/C27H34F3NO2/c1-33-24-10-6-8-22(18-24)25(26(32)13-3-2-4-14-26)19-31-15-11-20(12-16-31)21-7-5-9-23(17-21)27(28,29)30/h5-10,17-18,20,25,32H,2-4,11-16,19H2,1H3. The summed E-state index contributed by atoms with van der Waals surface area (Å²) in [4.78, 5) is 2.38. The number of benzene rings is 2. The van der Waals surface area contributed by atoms with Gasteiger partial charge in [-0.1, -0.05) is 49.6 Å². The van der Waals surface area contributed by atoms with Crippen molar-refractivity contribution in [1.29, 1.82) is 0 Å². The van der Waals surface area contributed by atoms with E-state index in [9.17, 15) is 18.3 Å². The highest BCUT2D eigenvalue weighted by molar-refractivity contribution is 5.33. The van der Waals surface area contributed by atoms with E-state index in [1.54, 1.807) is 7.11 Å². The van der Waals surface area contributed by atoms with Gasteiger partial charge in [-0.3, -0.25) is 0 Å². The van der Waals surface area contributed by atoms with Crippen LogP contribution < -0.4 is 4.74 Å². The molecule has 1 saturated heterocycles. The van der Waals surface area contributed by atoms with Crippen LogP contribution in [0.1, 0.15) is 73.5 Å². The van der Waals surface area contributed by atoms with Gasteiger partial charge in [-0.2, -0.15) is 13.2 Å². The molecule has 0 amide bonds. The Kier molecular flexibility index (Phi) is 7.34. The fraction of sp³-hybridized carbons (Fsp3) is 0.556. The number of aliphatic hydroxyl groups is 1. The summed E-state index contributed by atoms with van der Waals surface area (Å²) >= 11 is 0. The number of hydrogen-bond donors (Lipinski definition) is 1. The lowest BCUT2D eigenvalue weighted by Crippen LogP contribution is -2.46. The van der Waals surface area contributed by atoms with Crippen molar-refractivity contribution < 1.29 is 23.0 Å². The molecule has 1 heterocycles. The Morgan fingerprint density at radius 2 is 1.73 bits per heavy atom. The molecule has 1 atom stereocenters. The monoisotopic (exact) mass is 461 g/mol. The summed E-state index contributed by atoms with van der Waals surface area (Å²) in [5.41, 5.74) is 0.571. The fourth-order valence-electron chi connectivity index (χ4n) is 5.63. The molecule has 0 spiro atoms. The number of rotatable bonds is 6. The van der Waals surface area contributed by atoms with E-state index in [0.717, 1.165) is 87.5 Å². The molecule has 1 saturated carbocycles. The highest BCUT2D eigenvalue weighted by Gasteiger charge is 2.40. The molecule has 6 heteroatoms. The summed E-state index contributed by atoms with van der Waals surface area (Å²) in [6.45, 7) is 2.38. The predicted molar refractivity (Wildman–Crippen MR) is 124 cm³/mol. The van der Waals surface area contributed by atoms with E-state index < -0.39 is 17.3 Å². The second-order valence-corrected chi connectivity index (χ2v) is 9.69. The van der Waals surface area contributed by atoms with Crippen molar-refractivity contribution in [3.63, 3.8) is 0 Å². The molecule has 33 heavy (non-hydrogen) atoms. The third-order valence-electron chi connectivity index (χ3n) is 7.58. The number of alkyl halides is 3. The first-order chi connectivity index (χ1) is 15.8. The molecule has 0 radical (unpaired) electrons. The van der Waals surface area contributed by atoms with Crippen LogP contribution in [-0.2, 0) is 6.18 Å². The zero-order chi connectivity index (χ0) is 23.5. The van der Waals surface area contributed by atoms with Gasteiger partial charge in [0.25, 0.3) is 0 Å². The van der Waals surface area contributed by atoms with Crippen LogP contribution in [0.4, 0.5) is 13.2 Å². The van der Waals surface area contributed by atoms with E-state index >= 15 is 0 Å². The van der Waals surface area contributed by atoms with E-state index in [1.807, 2.05) is 24.3 Å². The van der Waals surface area contributed by atoms with Crippen molar-refractivity contribution in [3.8, 4) is 5.75 Å². The highest BCUT2D eigenvalue weighted by Crippen LogP contribution is 2.42. The number of nitrogens with zero attached hydrogens (tertiary/aromatic N) is 1. The van der Waals surface area contributed by atoms with E-state index in [0.29, 0.717) is 0 Å². The van der Waals surface area contributed by atoms with Gasteiger partial charge in [0.1, 0.15) is 5.75 Å². The number of hydrogen-bond acceptors (Lipinski definition) is 3. The Bertz CT molecular complexity index is 916. The van der Waals surface area contributed by atoms with Crippen molar-refractivity contribution in [3.05, 3.63) is 65.2 Å². The van der Waals surface area contributed by atoms with Crippen LogP contribution in [0.25, 0.3) is 0 Å². The lowest BCUT2D eigenvalue weighted by atomic mass is 9.72. The average molecular weight is 462 g/mol. The third-order valence-corrected chi connectivity index (χ3v) is 7.58. The minimum Gasteiger partial charge on any atom is -0.497 e. The van der Waals surface area contributed by atoms with E-state index in [2.05, 4.69) is 11.0 Å². The molecule has 4 rings (SSSR count). The molecule has 180 valence electrons. The first-order valence-corrected chi connectivity index (χ1v) is 12.0. The lowest BCUT2D eigenvalue weighted by molar-refractivity contribution is -0.137. The first-order valence-electron chi connectivity index (χ1n) is 12.0. The zero-order valence-corrected chi connectivity index (χ0v) is 19.3. The van der Waals surface area contributed by atoms with Crippen LogP contribution in [0, 0.1) is 0 Å². The van der Waals surface area contributed by atoms with Crippen molar-refractivity contribution >= 4 is 0 Å². The minimum absolute atomic E-state index is 0.0157. The smallest absolute Gasteiger partial charge is 0.416 e. The van der Waals surface area contributed by atoms with Gasteiger partial charge in [-0.05, 0) is 74.0 Å². The number of halogens is 3. The van der Waals surface area contributed by atoms with Gasteiger partial charge in [0, 0.05) is 12.5 Å². The summed E-state index contributed by atoms with van der Waals surface area (Å²) in [7, 11) is 1.65. The van der Waals surface area contributed by atoms with Crippen LogP contribution in [0.3, 0.4) is 0 Å². The summed E-state index contributed by atoms with van der Waals surface area (Å²) in [5, 5.41) is 11.6. The first kappa shape index (κ1) is 24.1. The molecule has 2 fully saturated rings. The molecule has 0 aromatic heterocycles. The molecule has 2 aliphatic rings. The predicted octanol–water partition coefficient (Wildman–Crippen LogP) is 6.37. The summed E-state index contributed by atoms with van der Waals surface area (Å²) in [5.74, 6) is 0.912. The molecule has 3 nitrogen and oxygen atoms in total. The SMILES string of the molecule is COc1cccc(C(CN2CCC(c3cccc(C(F)(F)F)c3)CC2)C2(O)CCCCC2)c1. The average Bonchev–Trinajstić information content (AvgIpc) is 2.83. The normalized spacial score (nSPS) is 21.0. The molecule has 2 aromatic rings.